The summed E-state index contributed by atoms with van der Waals surface area (Å²) in [4.78, 5) is 0. The van der Waals surface area contributed by atoms with Crippen LogP contribution in [-0.2, 0) is 9.47 Å². The highest BCUT2D eigenvalue weighted by Crippen LogP contribution is 2.02. The number of aliphatic hydroxyl groups excluding tert-OH is 2. The van der Waals surface area contributed by atoms with E-state index in [0.717, 1.165) is 0 Å². The first-order valence-corrected chi connectivity index (χ1v) is 3.05. The summed E-state index contributed by atoms with van der Waals surface area (Å²) < 4.78 is 9.38. The molecule has 0 saturated heterocycles. The molecule has 0 aromatic heterocycles. The Bertz CT molecular complexity index is 79.8. The van der Waals surface area contributed by atoms with Gasteiger partial charge in [0.1, 0.15) is 6.10 Å². The molecule has 2 N–H and O–H groups in total. The third-order valence-corrected chi connectivity index (χ3v) is 1.24. The summed E-state index contributed by atoms with van der Waals surface area (Å²) in [5.74, 6) is 0. The number of rotatable bonds is 4. The van der Waals surface area contributed by atoms with Gasteiger partial charge in [0.25, 0.3) is 0 Å². The van der Waals surface area contributed by atoms with Crippen LogP contribution in [0.3, 0.4) is 0 Å². The van der Waals surface area contributed by atoms with Gasteiger partial charge in [-0.1, -0.05) is 0 Å². The highest BCUT2D eigenvalue weighted by molar-refractivity contribution is 4.64. The zero-order valence-electron chi connectivity index (χ0n) is 6.44. The zero-order chi connectivity index (χ0) is 8.15. The van der Waals surface area contributed by atoms with E-state index in [1.54, 1.807) is 0 Å². The van der Waals surface area contributed by atoms with Gasteiger partial charge < -0.3 is 19.7 Å². The lowest BCUT2D eigenvalue weighted by molar-refractivity contribution is -0.187. The second kappa shape index (κ2) is 4.62. The minimum Gasteiger partial charge on any atom is -0.391 e. The SMILES string of the molecule is COC(OC)C(O)C(C)O. The van der Waals surface area contributed by atoms with Crippen LogP contribution in [0.2, 0.25) is 0 Å². The molecule has 0 aromatic carbocycles. The summed E-state index contributed by atoms with van der Waals surface area (Å²) in [7, 11) is 2.81. The number of methoxy groups -OCH3 is 2. The van der Waals surface area contributed by atoms with E-state index in [0.29, 0.717) is 0 Å². The van der Waals surface area contributed by atoms with Crippen molar-refractivity contribution in [3.8, 4) is 0 Å². The third-order valence-electron chi connectivity index (χ3n) is 1.24. The molecule has 0 fully saturated rings. The Balaban J connectivity index is 3.76. The fraction of sp³-hybridized carbons (Fsp3) is 1.00. The summed E-state index contributed by atoms with van der Waals surface area (Å²) >= 11 is 0. The first-order chi connectivity index (χ1) is 4.63. The summed E-state index contributed by atoms with van der Waals surface area (Å²) in [6.45, 7) is 1.47. The Labute approximate surface area is 60.4 Å². The van der Waals surface area contributed by atoms with Gasteiger partial charge in [-0.25, -0.2) is 0 Å². The minimum atomic E-state index is -0.991. The van der Waals surface area contributed by atoms with Gasteiger partial charge in [0.2, 0.25) is 0 Å². The van der Waals surface area contributed by atoms with Crippen LogP contribution in [-0.4, -0.2) is 42.9 Å². The molecule has 0 aliphatic rings. The van der Waals surface area contributed by atoms with E-state index >= 15 is 0 Å². The van der Waals surface area contributed by atoms with Gasteiger partial charge in [0.15, 0.2) is 6.29 Å². The van der Waals surface area contributed by atoms with Gasteiger partial charge in [-0.05, 0) is 6.92 Å². The Kier molecular flexibility index (Phi) is 4.55. The van der Waals surface area contributed by atoms with E-state index in [9.17, 15) is 0 Å². The Morgan fingerprint density at radius 2 is 1.50 bits per heavy atom. The molecule has 0 aliphatic heterocycles. The lowest BCUT2D eigenvalue weighted by Crippen LogP contribution is -2.37. The molecule has 0 aromatic rings. The molecule has 2 unspecified atom stereocenters. The van der Waals surface area contributed by atoms with Crippen molar-refractivity contribution in [3.05, 3.63) is 0 Å². The van der Waals surface area contributed by atoms with Gasteiger partial charge in [-0.3, -0.25) is 0 Å². The maximum absolute atomic E-state index is 9.09. The van der Waals surface area contributed by atoms with Crippen molar-refractivity contribution in [3.63, 3.8) is 0 Å². The standard InChI is InChI=1S/C6H14O4/c1-4(7)5(8)6(9-2)10-3/h4-8H,1-3H3. The fourth-order valence-corrected chi connectivity index (χ4v) is 0.602. The van der Waals surface area contributed by atoms with Crippen LogP contribution >= 0.6 is 0 Å². The molecule has 0 amide bonds. The summed E-state index contributed by atoms with van der Waals surface area (Å²) in [5.41, 5.74) is 0. The Hall–Kier alpha value is -0.160. The quantitative estimate of drug-likeness (QED) is 0.523. The molecule has 0 saturated carbocycles. The molecule has 0 bridgehead atoms. The molecule has 0 spiro atoms. The highest BCUT2D eigenvalue weighted by atomic mass is 16.7. The predicted molar refractivity (Wildman–Crippen MR) is 35.5 cm³/mol. The molecular formula is C6H14O4. The van der Waals surface area contributed by atoms with E-state index in [1.165, 1.54) is 21.1 Å². The van der Waals surface area contributed by atoms with E-state index in [-0.39, 0.29) is 0 Å². The largest absolute Gasteiger partial charge is 0.391 e. The number of ether oxygens (including phenoxy) is 2. The second-order valence-electron chi connectivity index (χ2n) is 2.07. The van der Waals surface area contributed by atoms with Crippen molar-refractivity contribution in [1.29, 1.82) is 0 Å². The molecule has 0 rings (SSSR count). The average molecular weight is 150 g/mol. The lowest BCUT2D eigenvalue weighted by Gasteiger charge is -2.21. The maximum atomic E-state index is 9.09. The van der Waals surface area contributed by atoms with Gasteiger partial charge in [-0.2, -0.15) is 0 Å². The van der Waals surface area contributed by atoms with Crippen molar-refractivity contribution >= 4 is 0 Å². The fourth-order valence-electron chi connectivity index (χ4n) is 0.602. The molecule has 0 heterocycles. The second-order valence-corrected chi connectivity index (χ2v) is 2.07. The number of hydrogen-bond donors (Lipinski definition) is 2. The van der Waals surface area contributed by atoms with Gasteiger partial charge >= 0.3 is 0 Å². The van der Waals surface area contributed by atoms with Gasteiger partial charge in [0, 0.05) is 14.2 Å². The summed E-state index contributed by atoms with van der Waals surface area (Å²) in [5, 5.41) is 17.9. The zero-order valence-corrected chi connectivity index (χ0v) is 6.44. The van der Waals surface area contributed by atoms with E-state index in [2.05, 4.69) is 0 Å². The van der Waals surface area contributed by atoms with Crippen LogP contribution in [0, 0.1) is 0 Å². The minimum absolute atomic E-state index is 0.750. The molecule has 0 aliphatic carbocycles. The molecule has 2 atom stereocenters. The van der Waals surface area contributed by atoms with Crippen molar-refractivity contribution < 1.29 is 19.7 Å². The lowest BCUT2D eigenvalue weighted by atomic mass is 10.2. The smallest absolute Gasteiger partial charge is 0.185 e. The molecule has 4 nitrogen and oxygen atoms in total. The van der Waals surface area contributed by atoms with Gasteiger partial charge in [-0.15, -0.1) is 0 Å². The molecule has 4 heteroatoms. The highest BCUT2D eigenvalue weighted by Gasteiger charge is 2.22. The average Bonchev–Trinajstić information content (AvgIpc) is 1.90. The molecule has 10 heavy (non-hydrogen) atoms. The van der Waals surface area contributed by atoms with Crippen molar-refractivity contribution in [2.24, 2.45) is 0 Å². The summed E-state index contributed by atoms with van der Waals surface area (Å²) in [6, 6.07) is 0. The van der Waals surface area contributed by atoms with Crippen LogP contribution in [0.4, 0.5) is 0 Å². The Morgan fingerprint density at radius 1 is 1.10 bits per heavy atom. The van der Waals surface area contributed by atoms with E-state index < -0.39 is 18.5 Å². The summed E-state index contributed by atoms with van der Waals surface area (Å²) in [6.07, 6.45) is -2.58. The van der Waals surface area contributed by atoms with E-state index in [1.807, 2.05) is 0 Å². The number of hydrogen-bond acceptors (Lipinski definition) is 4. The first-order valence-electron chi connectivity index (χ1n) is 3.05. The van der Waals surface area contributed by atoms with Crippen LogP contribution in [0.5, 0.6) is 0 Å². The van der Waals surface area contributed by atoms with Crippen LogP contribution in [0.1, 0.15) is 6.92 Å². The first kappa shape index (κ1) is 9.84. The molecule has 0 radical (unpaired) electrons. The predicted octanol–water partition coefficient (Wildman–Crippen LogP) is -0.653. The van der Waals surface area contributed by atoms with Crippen molar-refractivity contribution in [2.75, 3.05) is 14.2 Å². The van der Waals surface area contributed by atoms with Gasteiger partial charge in [0.05, 0.1) is 6.10 Å². The monoisotopic (exact) mass is 150 g/mol. The van der Waals surface area contributed by atoms with Crippen LogP contribution in [0.25, 0.3) is 0 Å². The normalized spacial score (nSPS) is 17.4. The van der Waals surface area contributed by atoms with E-state index in [4.69, 9.17) is 19.7 Å². The Morgan fingerprint density at radius 3 is 1.60 bits per heavy atom. The van der Waals surface area contributed by atoms with Crippen LogP contribution in [0.15, 0.2) is 0 Å². The van der Waals surface area contributed by atoms with Crippen LogP contribution < -0.4 is 0 Å². The third kappa shape index (κ3) is 2.62. The maximum Gasteiger partial charge on any atom is 0.185 e. The van der Waals surface area contributed by atoms with Crippen molar-refractivity contribution in [1.82, 2.24) is 0 Å². The molecule has 62 valence electrons. The molecular weight excluding hydrogens is 136 g/mol. The van der Waals surface area contributed by atoms with Crippen molar-refractivity contribution in [2.45, 2.75) is 25.4 Å². The number of aliphatic hydroxyl groups is 2. The topological polar surface area (TPSA) is 58.9 Å².